The lowest BCUT2D eigenvalue weighted by molar-refractivity contribution is 0.0823. The zero-order chi connectivity index (χ0) is 19.7. The van der Waals surface area contributed by atoms with Gasteiger partial charge < -0.3 is 9.72 Å². The van der Waals surface area contributed by atoms with Gasteiger partial charge in [0.1, 0.15) is 0 Å². The Balaban J connectivity index is 1.74. The van der Waals surface area contributed by atoms with Crippen molar-refractivity contribution in [2.75, 3.05) is 13.2 Å². The molecule has 1 aliphatic heterocycles. The Morgan fingerprint density at radius 3 is 2.82 bits per heavy atom. The number of carbonyl (C=O) groups is 1. The molecule has 2 atom stereocenters. The molecule has 4 rings (SSSR count). The molecule has 5 heteroatoms. The summed E-state index contributed by atoms with van der Waals surface area (Å²) in [5.41, 5.74) is 4.72. The first-order valence-electron chi connectivity index (χ1n) is 9.86. The van der Waals surface area contributed by atoms with Crippen molar-refractivity contribution in [3.05, 3.63) is 70.4 Å². The highest BCUT2D eigenvalue weighted by Crippen LogP contribution is 2.40. The molecule has 1 amide bonds. The minimum atomic E-state index is -0.241. The molecule has 1 aromatic heterocycles. The number of nitrogens with zero attached hydrogens (tertiary/aromatic N) is 1. The zero-order valence-corrected chi connectivity index (χ0v) is 17.0. The third kappa shape index (κ3) is 3.49. The van der Waals surface area contributed by atoms with Gasteiger partial charge in [-0.2, -0.15) is 0 Å². The Kier molecular flexibility index (Phi) is 5.31. The number of fused-ring (bicyclic) bond motifs is 3. The number of carbonyl (C=O) groups excluding carboxylic acids is 1. The van der Waals surface area contributed by atoms with Gasteiger partial charge in [-0.05, 0) is 55.0 Å². The second kappa shape index (κ2) is 7.88. The molecule has 0 spiro atoms. The predicted octanol–water partition coefficient (Wildman–Crippen LogP) is 6.07. The number of hydrogen-bond donors (Lipinski definition) is 1. The van der Waals surface area contributed by atoms with E-state index in [0.29, 0.717) is 19.1 Å². The van der Waals surface area contributed by atoms with E-state index in [2.05, 4.69) is 36.2 Å². The molecule has 3 aromatic rings. The van der Waals surface area contributed by atoms with E-state index in [0.717, 1.165) is 34.5 Å². The van der Waals surface area contributed by atoms with Gasteiger partial charge in [0.15, 0.2) is 0 Å². The fourth-order valence-corrected chi connectivity index (χ4v) is 4.43. The van der Waals surface area contributed by atoms with Crippen molar-refractivity contribution < 1.29 is 9.53 Å². The highest BCUT2D eigenvalue weighted by molar-refractivity contribution is 6.31. The molecule has 1 aliphatic rings. The van der Waals surface area contributed by atoms with Crippen molar-refractivity contribution in [2.45, 2.75) is 38.6 Å². The van der Waals surface area contributed by atoms with Crippen molar-refractivity contribution in [1.29, 1.82) is 0 Å². The first kappa shape index (κ1) is 18.9. The van der Waals surface area contributed by atoms with Gasteiger partial charge in [0.25, 0.3) is 0 Å². The summed E-state index contributed by atoms with van der Waals surface area (Å²) in [6.45, 7) is 5.09. The lowest BCUT2D eigenvalue weighted by atomic mass is 9.88. The van der Waals surface area contributed by atoms with E-state index >= 15 is 0 Å². The minimum absolute atomic E-state index is 0.0517. The van der Waals surface area contributed by atoms with Crippen molar-refractivity contribution in [1.82, 2.24) is 9.88 Å². The number of H-pyrrole nitrogens is 1. The van der Waals surface area contributed by atoms with Crippen LogP contribution >= 0.6 is 11.6 Å². The normalized spacial score (nSPS) is 17.4. The van der Waals surface area contributed by atoms with Crippen LogP contribution in [0.3, 0.4) is 0 Å². The van der Waals surface area contributed by atoms with E-state index in [1.54, 1.807) is 0 Å². The molecule has 146 valence electrons. The van der Waals surface area contributed by atoms with Gasteiger partial charge in [-0.3, -0.25) is 4.90 Å². The van der Waals surface area contributed by atoms with Gasteiger partial charge in [-0.15, -0.1) is 0 Å². The number of amides is 1. The standard InChI is InChI=1S/C23H25ClN2O2/c1-3-28-23(27)26-12-11-18-19-14-17(24)9-10-20(19)25-22(18)21(26)13-15(2)16-7-5-4-6-8-16/h4-10,14-15,21,25H,3,11-13H2,1-2H3. The van der Waals surface area contributed by atoms with Crippen LogP contribution in [-0.2, 0) is 11.2 Å². The molecule has 0 aliphatic carbocycles. The summed E-state index contributed by atoms with van der Waals surface area (Å²) < 4.78 is 5.36. The SMILES string of the molecule is CCOC(=O)N1CCc2c([nH]c3ccc(Cl)cc23)C1CC(C)c1ccccc1. The summed E-state index contributed by atoms with van der Waals surface area (Å²) >= 11 is 6.24. The highest BCUT2D eigenvalue weighted by atomic mass is 35.5. The molecular weight excluding hydrogens is 372 g/mol. The van der Waals surface area contributed by atoms with Crippen molar-refractivity contribution in [3.8, 4) is 0 Å². The Hall–Kier alpha value is -2.46. The van der Waals surface area contributed by atoms with Crippen LogP contribution in [0.5, 0.6) is 0 Å². The van der Waals surface area contributed by atoms with Crippen LogP contribution in [0.4, 0.5) is 4.79 Å². The first-order chi connectivity index (χ1) is 13.6. The summed E-state index contributed by atoms with van der Waals surface area (Å²) in [5.74, 6) is 0.309. The van der Waals surface area contributed by atoms with Gasteiger partial charge in [-0.25, -0.2) is 4.79 Å². The van der Waals surface area contributed by atoms with Gasteiger partial charge in [0.2, 0.25) is 0 Å². The molecule has 0 saturated heterocycles. The van der Waals surface area contributed by atoms with Crippen LogP contribution < -0.4 is 0 Å². The Bertz CT molecular complexity index is 983. The summed E-state index contributed by atoms with van der Waals surface area (Å²) in [6.07, 6.45) is 1.39. The Morgan fingerprint density at radius 1 is 1.29 bits per heavy atom. The fourth-order valence-electron chi connectivity index (χ4n) is 4.26. The Morgan fingerprint density at radius 2 is 2.07 bits per heavy atom. The molecule has 0 saturated carbocycles. The lowest BCUT2D eigenvalue weighted by Crippen LogP contribution is -2.41. The smallest absolute Gasteiger partial charge is 0.410 e. The topological polar surface area (TPSA) is 45.3 Å². The molecule has 1 N–H and O–H groups in total. The van der Waals surface area contributed by atoms with Crippen molar-refractivity contribution >= 4 is 28.6 Å². The van der Waals surface area contributed by atoms with E-state index in [-0.39, 0.29) is 12.1 Å². The van der Waals surface area contributed by atoms with Crippen molar-refractivity contribution in [2.24, 2.45) is 0 Å². The number of rotatable bonds is 4. The molecule has 28 heavy (non-hydrogen) atoms. The molecule has 0 fully saturated rings. The van der Waals surface area contributed by atoms with Gasteiger partial charge in [-0.1, -0.05) is 48.9 Å². The molecule has 4 nitrogen and oxygen atoms in total. The average Bonchev–Trinajstić information content (AvgIpc) is 3.07. The van der Waals surface area contributed by atoms with Crippen LogP contribution in [0.25, 0.3) is 10.9 Å². The van der Waals surface area contributed by atoms with E-state index in [1.807, 2.05) is 36.1 Å². The number of aromatic nitrogens is 1. The summed E-state index contributed by atoms with van der Waals surface area (Å²) in [4.78, 5) is 18.1. The third-order valence-corrected chi connectivity index (χ3v) is 5.90. The maximum absolute atomic E-state index is 12.7. The molecule has 0 bridgehead atoms. The highest BCUT2D eigenvalue weighted by Gasteiger charge is 2.35. The largest absolute Gasteiger partial charge is 0.450 e. The predicted molar refractivity (Wildman–Crippen MR) is 113 cm³/mol. The van der Waals surface area contributed by atoms with E-state index in [9.17, 15) is 4.79 Å². The number of benzene rings is 2. The molecule has 2 heterocycles. The first-order valence-corrected chi connectivity index (χ1v) is 10.2. The quantitative estimate of drug-likeness (QED) is 0.581. The van der Waals surface area contributed by atoms with E-state index < -0.39 is 0 Å². The summed E-state index contributed by atoms with van der Waals surface area (Å²) in [6, 6.07) is 16.3. The second-order valence-electron chi connectivity index (χ2n) is 7.41. The third-order valence-electron chi connectivity index (χ3n) is 5.66. The van der Waals surface area contributed by atoms with Gasteiger partial charge in [0.05, 0.1) is 12.6 Å². The number of hydrogen-bond acceptors (Lipinski definition) is 2. The maximum atomic E-state index is 12.7. The van der Waals surface area contributed by atoms with Crippen LogP contribution in [0.15, 0.2) is 48.5 Å². The molecular formula is C23H25ClN2O2. The average molecular weight is 397 g/mol. The van der Waals surface area contributed by atoms with Gasteiger partial charge in [0, 0.05) is 28.2 Å². The molecule has 2 aromatic carbocycles. The number of nitrogens with one attached hydrogen (secondary N) is 1. The fraction of sp³-hybridized carbons (Fsp3) is 0.348. The molecule has 0 radical (unpaired) electrons. The van der Waals surface area contributed by atoms with Gasteiger partial charge >= 0.3 is 6.09 Å². The van der Waals surface area contributed by atoms with Crippen LogP contribution in [0.2, 0.25) is 5.02 Å². The Labute approximate surface area is 170 Å². The van der Waals surface area contributed by atoms with Crippen molar-refractivity contribution in [3.63, 3.8) is 0 Å². The number of halogens is 1. The maximum Gasteiger partial charge on any atom is 0.410 e. The zero-order valence-electron chi connectivity index (χ0n) is 16.2. The second-order valence-corrected chi connectivity index (χ2v) is 7.85. The summed E-state index contributed by atoms with van der Waals surface area (Å²) in [5, 5.41) is 1.89. The van der Waals surface area contributed by atoms with E-state index in [1.165, 1.54) is 11.1 Å². The summed E-state index contributed by atoms with van der Waals surface area (Å²) in [7, 11) is 0. The lowest BCUT2D eigenvalue weighted by Gasteiger charge is -2.36. The molecule has 2 unspecified atom stereocenters. The van der Waals surface area contributed by atoms with Crippen LogP contribution in [-0.4, -0.2) is 29.1 Å². The minimum Gasteiger partial charge on any atom is -0.450 e. The number of aromatic amines is 1. The van der Waals surface area contributed by atoms with Crippen LogP contribution in [0.1, 0.15) is 49.0 Å². The van der Waals surface area contributed by atoms with Crippen LogP contribution in [0, 0.1) is 0 Å². The number of ether oxygens (including phenoxy) is 1. The van der Waals surface area contributed by atoms with E-state index in [4.69, 9.17) is 16.3 Å². The monoisotopic (exact) mass is 396 g/mol.